The molecule has 1 aliphatic heterocycles. The van der Waals surface area contributed by atoms with Crippen LogP contribution in [0.3, 0.4) is 0 Å². The van der Waals surface area contributed by atoms with Gasteiger partial charge in [-0.3, -0.25) is 4.90 Å². The van der Waals surface area contributed by atoms with Gasteiger partial charge in [0.25, 0.3) is 0 Å². The molecule has 0 saturated heterocycles. The fraction of sp³-hybridized carbons (Fsp3) is 0.538. The molecule has 1 aliphatic rings. The van der Waals surface area contributed by atoms with E-state index in [1.165, 1.54) is 18.4 Å². The second-order valence-corrected chi connectivity index (χ2v) is 4.61. The highest BCUT2D eigenvalue weighted by atomic mass is 32.1. The standard InChI is InChI=1S/C13H19NOS/c16-10-4-3-7-14-8-9-15-13-6-2-1-5-12(13)11-14/h1-2,5-6,16H,3-4,7-11H2. The van der Waals surface area contributed by atoms with Gasteiger partial charge in [0.15, 0.2) is 0 Å². The van der Waals surface area contributed by atoms with Crippen molar-refractivity contribution in [3.8, 4) is 5.75 Å². The van der Waals surface area contributed by atoms with Crippen molar-refractivity contribution in [1.82, 2.24) is 4.90 Å². The summed E-state index contributed by atoms with van der Waals surface area (Å²) in [5, 5.41) is 0. The maximum absolute atomic E-state index is 5.73. The maximum atomic E-state index is 5.73. The van der Waals surface area contributed by atoms with Crippen LogP contribution in [0.15, 0.2) is 24.3 Å². The average molecular weight is 237 g/mol. The van der Waals surface area contributed by atoms with Crippen molar-refractivity contribution < 1.29 is 4.74 Å². The third-order valence-electron chi connectivity index (χ3n) is 2.91. The largest absolute Gasteiger partial charge is 0.492 e. The molecule has 0 radical (unpaired) electrons. The fourth-order valence-electron chi connectivity index (χ4n) is 2.02. The Morgan fingerprint density at radius 2 is 2.12 bits per heavy atom. The molecule has 3 heteroatoms. The van der Waals surface area contributed by atoms with Gasteiger partial charge in [-0.15, -0.1) is 0 Å². The van der Waals surface area contributed by atoms with Gasteiger partial charge in [0.05, 0.1) is 0 Å². The van der Waals surface area contributed by atoms with E-state index in [0.29, 0.717) is 0 Å². The smallest absolute Gasteiger partial charge is 0.123 e. The lowest BCUT2D eigenvalue weighted by Gasteiger charge is -2.18. The van der Waals surface area contributed by atoms with Crippen LogP contribution in [0.1, 0.15) is 18.4 Å². The van der Waals surface area contributed by atoms with Gasteiger partial charge in [0.1, 0.15) is 12.4 Å². The minimum atomic E-state index is 0.803. The number of hydrogen-bond acceptors (Lipinski definition) is 3. The van der Waals surface area contributed by atoms with Crippen LogP contribution in [-0.4, -0.2) is 30.3 Å². The number of thiol groups is 1. The first-order valence-electron chi connectivity index (χ1n) is 5.94. The molecular weight excluding hydrogens is 218 g/mol. The van der Waals surface area contributed by atoms with E-state index in [2.05, 4.69) is 35.7 Å². The van der Waals surface area contributed by atoms with Crippen LogP contribution in [0.4, 0.5) is 0 Å². The maximum Gasteiger partial charge on any atom is 0.123 e. The van der Waals surface area contributed by atoms with E-state index >= 15 is 0 Å². The molecule has 2 rings (SSSR count). The van der Waals surface area contributed by atoms with Crippen LogP contribution in [0, 0.1) is 0 Å². The first-order valence-corrected chi connectivity index (χ1v) is 6.57. The van der Waals surface area contributed by atoms with Gasteiger partial charge in [-0.25, -0.2) is 0 Å². The summed E-state index contributed by atoms with van der Waals surface area (Å²) in [6.45, 7) is 4.00. The summed E-state index contributed by atoms with van der Waals surface area (Å²) in [5.41, 5.74) is 1.31. The Kier molecular flexibility index (Phi) is 4.55. The fourth-order valence-corrected chi connectivity index (χ4v) is 2.24. The van der Waals surface area contributed by atoms with E-state index in [0.717, 1.165) is 37.7 Å². The number of nitrogens with zero attached hydrogens (tertiary/aromatic N) is 1. The Morgan fingerprint density at radius 3 is 3.00 bits per heavy atom. The second kappa shape index (κ2) is 6.16. The lowest BCUT2D eigenvalue weighted by atomic mass is 10.2. The van der Waals surface area contributed by atoms with E-state index in [1.54, 1.807) is 0 Å². The summed E-state index contributed by atoms with van der Waals surface area (Å²) in [4.78, 5) is 2.47. The van der Waals surface area contributed by atoms with Gasteiger partial charge in [-0.2, -0.15) is 12.6 Å². The molecule has 0 saturated carbocycles. The topological polar surface area (TPSA) is 12.5 Å². The van der Waals surface area contributed by atoms with Gasteiger partial charge >= 0.3 is 0 Å². The normalized spacial score (nSPS) is 16.3. The van der Waals surface area contributed by atoms with E-state index in [1.807, 2.05) is 6.07 Å². The van der Waals surface area contributed by atoms with Gasteiger partial charge < -0.3 is 4.74 Å². The Labute approximate surface area is 103 Å². The lowest BCUT2D eigenvalue weighted by Crippen LogP contribution is -2.26. The third kappa shape index (κ3) is 3.16. The monoisotopic (exact) mass is 237 g/mol. The predicted molar refractivity (Wildman–Crippen MR) is 70.3 cm³/mol. The first kappa shape index (κ1) is 11.8. The molecule has 0 amide bonds. The molecule has 2 nitrogen and oxygen atoms in total. The first-order chi connectivity index (χ1) is 7.90. The van der Waals surface area contributed by atoms with Crippen LogP contribution in [-0.2, 0) is 6.54 Å². The summed E-state index contributed by atoms with van der Waals surface area (Å²) in [6.07, 6.45) is 2.42. The van der Waals surface area contributed by atoms with Crippen molar-refractivity contribution in [2.45, 2.75) is 19.4 Å². The van der Waals surface area contributed by atoms with Gasteiger partial charge in [-0.1, -0.05) is 18.2 Å². The molecule has 0 spiro atoms. The lowest BCUT2D eigenvalue weighted by molar-refractivity contribution is 0.224. The molecular formula is C13H19NOS. The van der Waals surface area contributed by atoms with Gasteiger partial charge in [0, 0.05) is 18.7 Å². The van der Waals surface area contributed by atoms with Crippen LogP contribution in [0.5, 0.6) is 5.75 Å². The zero-order chi connectivity index (χ0) is 11.2. The number of rotatable bonds is 4. The molecule has 88 valence electrons. The number of para-hydroxylation sites is 1. The summed E-state index contributed by atoms with van der Waals surface area (Å²) >= 11 is 4.24. The molecule has 0 fully saturated rings. The van der Waals surface area contributed by atoms with E-state index in [4.69, 9.17) is 4.74 Å². The van der Waals surface area contributed by atoms with E-state index in [9.17, 15) is 0 Å². The predicted octanol–water partition coefficient (Wildman–Crippen LogP) is 2.59. The Balaban J connectivity index is 1.94. The van der Waals surface area contributed by atoms with Crippen LogP contribution >= 0.6 is 12.6 Å². The Morgan fingerprint density at radius 1 is 1.25 bits per heavy atom. The quantitative estimate of drug-likeness (QED) is 0.638. The molecule has 0 N–H and O–H groups in total. The molecule has 1 heterocycles. The summed E-state index contributed by atoms with van der Waals surface area (Å²) in [6, 6.07) is 8.34. The van der Waals surface area contributed by atoms with E-state index < -0.39 is 0 Å². The SMILES string of the molecule is SCCCCN1CCOc2ccccc2C1. The number of unbranched alkanes of at least 4 members (excludes halogenated alkanes) is 1. The molecule has 0 atom stereocenters. The van der Waals surface area contributed by atoms with Crippen molar-refractivity contribution in [2.75, 3.05) is 25.4 Å². The average Bonchev–Trinajstić information content (AvgIpc) is 2.51. The third-order valence-corrected chi connectivity index (χ3v) is 3.23. The molecule has 1 aromatic rings. The number of benzene rings is 1. The van der Waals surface area contributed by atoms with Crippen molar-refractivity contribution in [3.05, 3.63) is 29.8 Å². The minimum Gasteiger partial charge on any atom is -0.492 e. The Hall–Kier alpha value is -0.670. The highest BCUT2D eigenvalue weighted by Crippen LogP contribution is 2.22. The van der Waals surface area contributed by atoms with Crippen molar-refractivity contribution in [3.63, 3.8) is 0 Å². The van der Waals surface area contributed by atoms with Crippen LogP contribution in [0.2, 0.25) is 0 Å². The number of hydrogen-bond donors (Lipinski definition) is 1. The van der Waals surface area contributed by atoms with Crippen LogP contribution in [0.25, 0.3) is 0 Å². The second-order valence-electron chi connectivity index (χ2n) is 4.16. The molecule has 16 heavy (non-hydrogen) atoms. The minimum absolute atomic E-state index is 0.803. The van der Waals surface area contributed by atoms with Crippen LogP contribution < -0.4 is 4.74 Å². The zero-order valence-electron chi connectivity index (χ0n) is 9.56. The Bertz CT molecular complexity index is 329. The summed E-state index contributed by atoms with van der Waals surface area (Å²) < 4.78 is 5.73. The molecule has 0 aromatic heterocycles. The molecule has 0 unspecified atom stereocenters. The molecule has 0 bridgehead atoms. The highest BCUT2D eigenvalue weighted by molar-refractivity contribution is 7.80. The van der Waals surface area contributed by atoms with Crippen molar-refractivity contribution in [1.29, 1.82) is 0 Å². The molecule has 1 aromatic carbocycles. The summed E-state index contributed by atoms with van der Waals surface area (Å²) in [7, 11) is 0. The zero-order valence-corrected chi connectivity index (χ0v) is 10.5. The number of ether oxygens (including phenoxy) is 1. The van der Waals surface area contributed by atoms with Gasteiger partial charge in [-0.05, 0) is 31.2 Å². The van der Waals surface area contributed by atoms with E-state index in [-0.39, 0.29) is 0 Å². The van der Waals surface area contributed by atoms with Crippen molar-refractivity contribution in [2.24, 2.45) is 0 Å². The van der Waals surface area contributed by atoms with Gasteiger partial charge in [0.2, 0.25) is 0 Å². The van der Waals surface area contributed by atoms with Crippen molar-refractivity contribution >= 4 is 12.6 Å². The molecule has 0 aliphatic carbocycles. The highest BCUT2D eigenvalue weighted by Gasteiger charge is 2.13. The number of fused-ring (bicyclic) bond motifs is 1. The summed E-state index contributed by atoms with van der Waals surface area (Å²) in [5.74, 6) is 2.04.